The Kier molecular flexibility index (Phi) is 4.75. The fourth-order valence-electron chi connectivity index (χ4n) is 6.13. The second kappa shape index (κ2) is 7.63. The van der Waals surface area contributed by atoms with Crippen LogP contribution in [0.5, 0.6) is 0 Å². The molecule has 0 N–H and O–H groups in total. The third kappa shape index (κ3) is 3.34. The van der Waals surface area contributed by atoms with Gasteiger partial charge in [0.2, 0.25) is 5.91 Å². The first-order valence-corrected chi connectivity index (χ1v) is 12.5. The Bertz CT molecular complexity index is 1170. The fraction of sp³-hybridized carbons (Fsp3) is 0.462. The highest BCUT2D eigenvalue weighted by Crippen LogP contribution is 2.43. The largest absolute Gasteiger partial charge is 0.341 e. The van der Waals surface area contributed by atoms with Crippen molar-refractivity contribution in [2.45, 2.75) is 51.0 Å². The van der Waals surface area contributed by atoms with E-state index in [1.165, 1.54) is 39.8 Å². The average molecular weight is 433 g/mol. The van der Waals surface area contributed by atoms with Gasteiger partial charge in [-0.15, -0.1) is 11.3 Å². The van der Waals surface area contributed by atoms with Crippen LogP contribution >= 0.6 is 11.3 Å². The van der Waals surface area contributed by atoms with E-state index in [9.17, 15) is 9.59 Å². The van der Waals surface area contributed by atoms with Crippen molar-refractivity contribution in [3.63, 3.8) is 0 Å². The minimum atomic E-state index is 0.0987. The van der Waals surface area contributed by atoms with E-state index in [-0.39, 0.29) is 17.4 Å². The molecule has 3 aliphatic rings. The van der Waals surface area contributed by atoms with Gasteiger partial charge < -0.3 is 9.47 Å². The molecule has 2 aliphatic heterocycles. The maximum absolute atomic E-state index is 13.3. The zero-order valence-corrected chi connectivity index (χ0v) is 18.6. The molecule has 3 aromatic rings. The Morgan fingerprint density at radius 2 is 1.81 bits per heavy atom. The Morgan fingerprint density at radius 3 is 2.65 bits per heavy atom. The standard InChI is InChI=1S/C26H28N2O2S/c29-24-11-10-21(23-13-19-8-4-5-9-22(19)31-23)25-20-12-17(15-28(24)25)14-27(16-20)26(30)18-6-2-1-3-7-18/h4-5,8-11,13,17-18,20H,1-3,6-7,12,14-16H2/t17-,20+/m0/s1. The van der Waals surface area contributed by atoms with Gasteiger partial charge in [-0.2, -0.15) is 0 Å². The van der Waals surface area contributed by atoms with Crippen molar-refractivity contribution in [2.75, 3.05) is 13.1 Å². The Hall–Kier alpha value is -2.40. The molecule has 2 bridgehead atoms. The predicted molar refractivity (Wildman–Crippen MR) is 126 cm³/mol. The summed E-state index contributed by atoms with van der Waals surface area (Å²) in [4.78, 5) is 29.5. The number of piperidine rings is 1. The zero-order valence-electron chi connectivity index (χ0n) is 17.8. The van der Waals surface area contributed by atoms with Gasteiger partial charge in [0.15, 0.2) is 0 Å². The van der Waals surface area contributed by atoms with E-state index >= 15 is 0 Å². The molecule has 160 valence electrons. The number of thiophene rings is 1. The summed E-state index contributed by atoms with van der Waals surface area (Å²) in [5.41, 5.74) is 2.43. The summed E-state index contributed by atoms with van der Waals surface area (Å²) in [7, 11) is 0. The highest BCUT2D eigenvalue weighted by atomic mass is 32.1. The molecule has 1 aliphatic carbocycles. The number of hydrogen-bond donors (Lipinski definition) is 0. The minimum absolute atomic E-state index is 0.0987. The highest BCUT2D eigenvalue weighted by Gasteiger charge is 2.39. The Morgan fingerprint density at radius 1 is 0.968 bits per heavy atom. The monoisotopic (exact) mass is 432 g/mol. The first-order valence-electron chi connectivity index (χ1n) is 11.7. The number of carbonyl (C=O) groups is 1. The van der Waals surface area contributed by atoms with E-state index in [1.807, 2.05) is 10.6 Å². The summed E-state index contributed by atoms with van der Waals surface area (Å²) in [5, 5.41) is 1.25. The van der Waals surface area contributed by atoms with E-state index in [2.05, 4.69) is 35.2 Å². The molecular weight excluding hydrogens is 404 g/mol. The average Bonchev–Trinajstić information content (AvgIpc) is 3.24. The van der Waals surface area contributed by atoms with Crippen LogP contribution in [0.25, 0.3) is 20.5 Å². The van der Waals surface area contributed by atoms with Crippen molar-refractivity contribution in [3.05, 3.63) is 58.5 Å². The van der Waals surface area contributed by atoms with Gasteiger partial charge in [0.05, 0.1) is 0 Å². The molecule has 2 fully saturated rings. The normalized spacial score (nSPS) is 23.7. The number of fused-ring (bicyclic) bond motifs is 5. The Balaban J connectivity index is 1.38. The second-order valence-electron chi connectivity index (χ2n) is 9.61. The molecule has 1 amide bonds. The summed E-state index contributed by atoms with van der Waals surface area (Å²) in [5.74, 6) is 1.21. The van der Waals surface area contributed by atoms with E-state index in [4.69, 9.17) is 0 Å². The summed E-state index contributed by atoms with van der Waals surface area (Å²) in [6.45, 7) is 2.30. The van der Waals surface area contributed by atoms with Crippen LogP contribution < -0.4 is 5.56 Å². The third-order valence-corrected chi connectivity index (χ3v) is 8.70. The first-order chi connectivity index (χ1) is 15.2. The van der Waals surface area contributed by atoms with Gasteiger partial charge in [-0.3, -0.25) is 9.59 Å². The van der Waals surface area contributed by atoms with Crippen molar-refractivity contribution in [3.8, 4) is 10.4 Å². The lowest BCUT2D eigenvalue weighted by atomic mass is 9.80. The van der Waals surface area contributed by atoms with Gasteiger partial charge in [-0.25, -0.2) is 0 Å². The van der Waals surface area contributed by atoms with Crippen LogP contribution in [0.3, 0.4) is 0 Å². The lowest BCUT2D eigenvalue weighted by Crippen LogP contribution is -2.51. The lowest BCUT2D eigenvalue weighted by molar-refractivity contribution is -0.139. The lowest BCUT2D eigenvalue weighted by Gasteiger charge is -2.44. The van der Waals surface area contributed by atoms with E-state index in [0.29, 0.717) is 11.8 Å². The maximum atomic E-state index is 13.3. The van der Waals surface area contributed by atoms with Crippen molar-refractivity contribution < 1.29 is 4.79 Å². The molecular formula is C26H28N2O2S. The number of rotatable bonds is 2. The van der Waals surface area contributed by atoms with E-state index < -0.39 is 0 Å². The fourth-order valence-corrected chi connectivity index (χ4v) is 7.22. The van der Waals surface area contributed by atoms with Crippen molar-refractivity contribution in [1.29, 1.82) is 0 Å². The van der Waals surface area contributed by atoms with Crippen molar-refractivity contribution >= 4 is 27.3 Å². The third-order valence-electron chi connectivity index (χ3n) is 7.55. The summed E-state index contributed by atoms with van der Waals surface area (Å²) in [6.07, 6.45) is 6.82. The SMILES string of the molecule is O=C(C1CCCCC1)N1C[C@@H]2C[C@H](C1)c1c(-c3cc4ccccc4s3)ccc(=O)n1C2. The van der Waals surface area contributed by atoms with Crippen LogP contribution in [0.4, 0.5) is 0 Å². The predicted octanol–water partition coefficient (Wildman–Crippen LogP) is 5.26. The minimum Gasteiger partial charge on any atom is -0.341 e. The Labute approximate surface area is 186 Å². The molecule has 1 saturated heterocycles. The summed E-state index contributed by atoms with van der Waals surface area (Å²) >= 11 is 1.79. The van der Waals surface area contributed by atoms with Gasteiger partial charge in [-0.1, -0.05) is 37.5 Å². The van der Waals surface area contributed by atoms with Crippen LogP contribution in [-0.4, -0.2) is 28.5 Å². The van der Waals surface area contributed by atoms with Crippen LogP contribution in [0.15, 0.2) is 47.3 Å². The molecule has 31 heavy (non-hydrogen) atoms. The van der Waals surface area contributed by atoms with Crippen LogP contribution in [0.2, 0.25) is 0 Å². The number of carbonyl (C=O) groups excluding carboxylic acids is 1. The van der Waals surface area contributed by atoms with Crippen LogP contribution in [-0.2, 0) is 11.3 Å². The highest BCUT2D eigenvalue weighted by molar-refractivity contribution is 7.22. The maximum Gasteiger partial charge on any atom is 0.250 e. The molecule has 1 saturated carbocycles. The van der Waals surface area contributed by atoms with Gasteiger partial charge in [-0.05, 0) is 48.8 Å². The molecule has 5 heteroatoms. The van der Waals surface area contributed by atoms with E-state index in [1.54, 1.807) is 17.4 Å². The molecule has 0 unspecified atom stereocenters. The molecule has 0 radical (unpaired) electrons. The molecule has 2 aromatic heterocycles. The van der Waals surface area contributed by atoms with E-state index in [0.717, 1.165) is 44.6 Å². The molecule has 6 rings (SSSR count). The first kappa shape index (κ1) is 19.3. The van der Waals surface area contributed by atoms with Crippen LogP contribution in [0.1, 0.15) is 50.1 Å². The zero-order chi connectivity index (χ0) is 20.9. The smallest absolute Gasteiger partial charge is 0.250 e. The number of benzene rings is 1. The van der Waals surface area contributed by atoms with Crippen molar-refractivity contribution in [1.82, 2.24) is 9.47 Å². The number of pyridine rings is 1. The topological polar surface area (TPSA) is 42.3 Å². The molecule has 0 spiro atoms. The van der Waals surface area contributed by atoms with Gasteiger partial charge in [0.1, 0.15) is 0 Å². The second-order valence-corrected chi connectivity index (χ2v) is 10.7. The molecule has 4 nitrogen and oxygen atoms in total. The van der Waals surface area contributed by atoms with Gasteiger partial charge >= 0.3 is 0 Å². The number of hydrogen-bond acceptors (Lipinski definition) is 3. The number of likely N-dealkylation sites (tertiary alicyclic amines) is 1. The quantitative estimate of drug-likeness (QED) is 0.555. The van der Waals surface area contributed by atoms with Crippen LogP contribution in [0, 0.1) is 11.8 Å². The molecule has 1 aromatic carbocycles. The summed E-state index contributed by atoms with van der Waals surface area (Å²) < 4.78 is 3.29. The summed E-state index contributed by atoms with van der Waals surface area (Å²) in [6, 6.07) is 14.5. The van der Waals surface area contributed by atoms with Gasteiger partial charge in [0.25, 0.3) is 5.56 Å². The molecule has 4 heterocycles. The number of aromatic nitrogens is 1. The van der Waals surface area contributed by atoms with Crippen molar-refractivity contribution in [2.24, 2.45) is 11.8 Å². The number of nitrogens with zero attached hydrogens (tertiary/aromatic N) is 2. The molecule has 2 atom stereocenters. The van der Waals surface area contributed by atoms with Gasteiger partial charge in [0, 0.05) is 58.4 Å². The number of amides is 1.